The summed E-state index contributed by atoms with van der Waals surface area (Å²) < 4.78 is 5.53. The van der Waals surface area contributed by atoms with Crippen molar-refractivity contribution in [1.82, 2.24) is 9.80 Å². The quantitative estimate of drug-likeness (QED) is 0.895. The summed E-state index contributed by atoms with van der Waals surface area (Å²) in [6.07, 6.45) is 5.39. The molecule has 2 aliphatic heterocycles. The third-order valence-corrected chi connectivity index (χ3v) is 6.64. The van der Waals surface area contributed by atoms with Crippen LogP contribution in [0.5, 0.6) is 0 Å². The predicted molar refractivity (Wildman–Crippen MR) is 102 cm³/mol. The molecule has 1 aromatic carbocycles. The van der Waals surface area contributed by atoms with Crippen LogP contribution in [0.1, 0.15) is 43.6 Å². The molecule has 5 heteroatoms. The van der Waals surface area contributed by atoms with Gasteiger partial charge in [0.2, 0.25) is 5.91 Å². The van der Waals surface area contributed by atoms with E-state index in [4.69, 9.17) is 10.5 Å². The molecule has 5 nitrogen and oxygen atoms in total. The van der Waals surface area contributed by atoms with Crippen LogP contribution in [0.25, 0.3) is 0 Å². The first-order chi connectivity index (χ1) is 12.7. The summed E-state index contributed by atoms with van der Waals surface area (Å²) >= 11 is 0. The van der Waals surface area contributed by atoms with Gasteiger partial charge in [-0.15, -0.1) is 0 Å². The molecule has 1 aromatic rings. The molecule has 0 spiro atoms. The second-order valence-corrected chi connectivity index (χ2v) is 8.19. The maximum atomic E-state index is 13.2. The summed E-state index contributed by atoms with van der Waals surface area (Å²) in [5.41, 5.74) is 7.70. The summed E-state index contributed by atoms with van der Waals surface area (Å²) in [7, 11) is 0. The Kier molecular flexibility index (Phi) is 5.30. The molecule has 4 rings (SSSR count). The molecule has 0 radical (unpaired) electrons. The zero-order chi connectivity index (χ0) is 18.0. The molecular weight excluding hydrogens is 326 g/mol. The third-order valence-electron chi connectivity index (χ3n) is 6.64. The van der Waals surface area contributed by atoms with E-state index in [0.29, 0.717) is 13.0 Å². The van der Waals surface area contributed by atoms with Crippen LogP contribution in [0.2, 0.25) is 0 Å². The van der Waals surface area contributed by atoms with Crippen molar-refractivity contribution in [2.45, 2.75) is 49.6 Å². The van der Waals surface area contributed by atoms with Crippen molar-refractivity contribution in [3.8, 4) is 0 Å². The molecule has 2 atom stereocenters. The van der Waals surface area contributed by atoms with E-state index in [0.717, 1.165) is 45.7 Å². The van der Waals surface area contributed by atoms with Crippen LogP contribution in [-0.2, 0) is 9.53 Å². The average Bonchev–Trinajstić information content (AvgIpc) is 3.31. The molecule has 1 amide bonds. The summed E-state index contributed by atoms with van der Waals surface area (Å²) in [4.78, 5) is 17.7. The van der Waals surface area contributed by atoms with Crippen LogP contribution in [-0.4, -0.2) is 66.7 Å². The van der Waals surface area contributed by atoms with E-state index in [1.165, 1.54) is 18.4 Å². The van der Waals surface area contributed by atoms with Gasteiger partial charge in [-0.3, -0.25) is 9.69 Å². The summed E-state index contributed by atoms with van der Waals surface area (Å²) in [5, 5.41) is 0. The van der Waals surface area contributed by atoms with Crippen LogP contribution in [0, 0.1) is 0 Å². The van der Waals surface area contributed by atoms with Gasteiger partial charge in [-0.2, -0.15) is 0 Å². The lowest BCUT2D eigenvalue weighted by atomic mass is 9.89. The summed E-state index contributed by atoms with van der Waals surface area (Å²) in [6, 6.07) is 10.4. The molecule has 142 valence electrons. The molecule has 26 heavy (non-hydrogen) atoms. The molecule has 2 heterocycles. The highest BCUT2D eigenvalue weighted by Gasteiger charge is 2.44. The Morgan fingerprint density at radius 3 is 2.50 bits per heavy atom. The number of amides is 1. The van der Waals surface area contributed by atoms with Crippen LogP contribution < -0.4 is 5.73 Å². The van der Waals surface area contributed by atoms with Crippen LogP contribution in [0.3, 0.4) is 0 Å². The number of ether oxygens (including phenoxy) is 1. The molecule has 0 bridgehead atoms. The van der Waals surface area contributed by atoms with Gasteiger partial charge in [-0.25, -0.2) is 0 Å². The fraction of sp³-hybridized carbons (Fsp3) is 0.667. The number of morpholine rings is 1. The SMILES string of the molecule is N[C@@H]1CN(C(=O)CC2(N3CCOCC3)CCCC2)C[C@H]1c1ccccc1. The Morgan fingerprint density at radius 1 is 1.12 bits per heavy atom. The average molecular weight is 357 g/mol. The van der Waals surface area contributed by atoms with Crippen molar-refractivity contribution in [1.29, 1.82) is 0 Å². The second kappa shape index (κ2) is 7.67. The predicted octanol–water partition coefficient (Wildman–Crippen LogP) is 1.97. The molecule has 3 aliphatic rings. The minimum atomic E-state index is 0.0317. The van der Waals surface area contributed by atoms with E-state index in [-0.39, 0.29) is 23.4 Å². The number of carbonyl (C=O) groups is 1. The number of hydrogen-bond donors (Lipinski definition) is 1. The number of hydrogen-bond acceptors (Lipinski definition) is 4. The highest BCUT2D eigenvalue weighted by Crippen LogP contribution is 2.39. The molecule has 1 aliphatic carbocycles. The molecular formula is C21H31N3O2. The number of carbonyl (C=O) groups excluding carboxylic acids is 1. The van der Waals surface area contributed by atoms with Crippen molar-refractivity contribution in [2.24, 2.45) is 5.73 Å². The van der Waals surface area contributed by atoms with Crippen molar-refractivity contribution < 1.29 is 9.53 Å². The first-order valence-corrected chi connectivity index (χ1v) is 10.1. The van der Waals surface area contributed by atoms with Crippen LogP contribution in [0.15, 0.2) is 30.3 Å². The Bertz CT molecular complexity index is 609. The zero-order valence-electron chi connectivity index (χ0n) is 15.6. The largest absolute Gasteiger partial charge is 0.379 e. The van der Waals surface area contributed by atoms with E-state index in [9.17, 15) is 4.79 Å². The normalized spacial score (nSPS) is 29.2. The standard InChI is InChI=1S/C21H31N3O2/c22-19-16-23(15-18(19)17-6-2-1-3-7-17)20(25)14-21(8-4-5-9-21)24-10-12-26-13-11-24/h1-3,6-7,18-19H,4-5,8-16,22H2/t18-,19+/m0/s1. The third kappa shape index (κ3) is 3.53. The topological polar surface area (TPSA) is 58.8 Å². The van der Waals surface area contributed by atoms with Crippen molar-refractivity contribution in [2.75, 3.05) is 39.4 Å². The lowest BCUT2D eigenvalue weighted by Crippen LogP contribution is -2.54. The van der Waals surface area contributed by atoms with E-state index in [1.807, 2.05) is 11.0 Å². The van der Waals surface area contributed by atoms with Crippen molar-refractivity contribution >= 4 is 5.91 Å². The van der Waals surface area contributed by atoms with Crippen molar-refractivity contribution in [3.05, 3.63) is 35.9 Å². The number of nitrogens with zero attached hydrogens (tertiary/aromatic N) is 2. The zero-order valence-corrected chi connectivity index (χ0v) is 15.6. The van der Waals surface area contributed by atoms with Gasteiger partial charge in [-0.05, 0) is 18.4 Å². The monoisotopic (exact) mass is 357 g/mol. The highest BCUT2D eigenvalue weighted by atomic mass is 16.5. The van der Waals surface area contributed by atoms with Gasteiger partial charge < -0.3 is 15.4 Å². The fourth-order valence-corrected chi connectivity index (χ4v) is 5.15. The van der Waals surface area contributed by atoms with Gasteiger partial charge in [-0.1, -0.05) is 43.2 Å². The molecule has 1 saturated carbocycles. The van der Waals surface area contributed by atoms with Gasteiger partial charge in [0.1, 0.15) is 0 Å². The molecule has 0 aromatic heterocycles. The van der Waals surface area contributed by atoms with Crippen molar-refractivity contribution in [3.63, 3.8) is 0 Å². The lowest BCUT2D eigenvalue weighted by molar-refractivity contribution is -0.134. The fourth-order valence-electron chi connectivity index (χ4n) is 5.15. The van der Waals surface area contributed by atoms with E-state index < -0.39 is 0 Å². The minimum Gasteiger partial charge on any atom is -0.379 e. The molecule has 2 saturated heterocycles. The Hall–Kier alpha value is -1.43. The molecule has 0 unspecified atom stereocenters. The van der Waals surface area contributed by atoms with E-state index in [1.54, 1.807) is 0 Å². The highest BCUT2D eigenvalue weighted by molar-refractivity contribution is 5.78. The van der Waals surface area contributed by atoms with Gasteiger partial charge in [0.25, 0.3) is 0 Å². The van der Waals surface area contributed by atoms with Gasteiger partial charge in [0, 0.05) is 50.1 Å². The van der Waals surface area contributed by atoms with Gasteiger partial charge in [0.05, 0.1) is 13.2 Å². The van der Waals surface area contributed by atoms with E-state index in [2.05, 4.69) is 29.2 Å². The number of rotatable bonds is 4. The molecule has 2 N–H and O–H groups in total. The van der Waals surface area contributed by atoms with Crippen LogP contribution >= 0.6 is 0 Å². The molecule has 3 fully saturated rings. The Morgan fingerprint density at radius 2 is 1.81 bits per heavy atom. The number of likely N-dealkylation sites (tertiary alicyclic amines) is 1. The minimum absolute atomic E-state index is 0.0317. The number of nitrogens with two attached hydrogens (primary N) is 1. The smallest absolute Gasteiger partial charge is 0.224 e. The maximum Gasteiger partial charge on any atom is 0.224 e. The summed E-state index contributed by atoms with van der Waals surface area (Å²) in [6.45, 7) is 4.93. The first kappa shape index (κ1) is 18.0. The number of benzene rings is 1. The first-order valence-electron chi connectivity index (χ1n) is 10.1. The van der Waals surface area contributed by atoms with Gasteiger partial charge >= 0.3 is 0 Å². The van der Waals surface area contributed by atoms with Crippen LogP contribution in [0.4, 0.5) is 0 Å². The lowest BCUT2D eigenvalue weighted by Gasteiger charge is -2.43. The van der Waals surface area contributed by atoms with Gasteiger partial charge in [0.15, 0.2) is 0 Å². The Labute approximate surface area is 156 Å². The summed E-state index contributed by atoms with van der Waals surface area (Å²) in [5.74, 6) is 0.537. The second-order valence-electron chi connectivity index (χ2n) is 8.19. The Balaban J connectivity index is 1.44. The van der Waals surface area contributed by atoms with E-state index >= 15 is 0 Å². The maximum absolute atomic E-state index is 13.2.